The molecule has 2 rings (SSSR count). The van der Waals surface area contributed by atoms with Gasteiger partial charge in [0.05, 0.1) is 17.8 Å². The van der Waals surface area contributed by atoms with Crippen LogP contribution < -0.4 is 4.74 Å². The van der Waals surface area contributed by atoms with Crippen molar-refractivity contribution in [3.05, 3.63) is 40.0 Å². The maximum atomic E-state index is 12.4. The Morgan fingerprint density at radius 1 is 1.32 bits per heavy atom. The molecular weight excluding hydrogens is 277 g/mol. The molecule has 2 aromatic heterocycles. The van der Waals surface area contributed by atoms with Crippen LogP contribution in [0, 0.1) is 6.92 Å². The van der Waals surface area contributed by atoms with E-state index in [2.05, 4.69) is 9.97 Å². The fraction of sp³-hybridized carbons (Fsp3) is 0.333. The highest BCUT2D eigenvalue weighted by atomic mass is 32.1. The minimum Gasteiger partial charge on any atom is -0.477 e. The average Bonchev–Trinajstić information content (AvgIpc) is 2.75. The topological polar surface area (TPSA) is 35.0 Å². The molecule has 0 saturated heterocycles. The number of thiazole rings is 1. The van der Waals surface area contributed by atoms with Gasteiger partial charge in [-0.05, 0) is 13.0 Å². The van der Waals surface area contributed by atoms with E-state index in [-0.39, 0.29) is 12.5 Å². The third-order valence-electron chi connectivity index (χ3n) is 2.44. The fourth-order valence-electron chi connectivity index (χ4n) is 1.47. The van der Waals surface area contributed by atoms with Gasteiger partial charge >= 0.3 is 6.18 Å². The van der Waals surface area contributed by atoms with Gasteiger partial charge in [-0.2, -0.15) is 13.2 Å². The molecule has 0 aliphatic heterocycles. The largest absolute Gasteiger partial charge is 0.477 e. The van der Waals surface area contributed by atoms with Crippen LogP contribution in [0.2, 0.25) is 0 Å². The Bertz CT molecular complexity index is 554. The van der Waals surface area contributed by atoms with Crippen molar-refractivity contribution >= 4 is 11.3 Å². The van der Waals surface area contributed by atoms with E-state index in [9.17, 15) is 13.2 Å². The van der Waals surface area contributed by atoms with Gasteiger partial charge in [0.25, 0.3) is 0 Å². The van der Waals surface area contributed by atoms with Crippen LogP contribution >= 0.6 is 11.3 Å². The van der Waals surface area contributed by atoms with Crippen LogP contribution in [-0.2, 0) is 12.6 Å². The monoisotopic (exact) mass is 288 g/mol. The second-order valence-electron chi connectivity index (χ2n) is 3.82. The number of aryl methyl sites for hydroxylation is 1. The summed E-state index contributed by atoms with van der Waals surface area (Å²) in [6, 6.07) is 3.61. The van der Waals surface area contributed by atoms with Gasteiger partial charge in [-0.15, -0.1) is 11.3 Å². The Morgan fingerprint density at radius 2 is 2.11 bits per heavy atom. The van der Waals surface area contributed by atoms with Crippen LogP contribution in [0.4, 0.5) is 13.2 Å². The molecule has 0 aliphatic rings. The van der Waals surface area contributed by atoms with Gasteiger partial charge in [-0.25, -0.2) is 9.97 Å². The SMILES string of the molecule is Cc1ncsc1CCOc1cccc(C(F)(F)F)n1. The van der Waals surface area contributed by atoms with Crippen LogP contribution in [0.5, 0.6) is 5.88 Å². The van der Waals surface area contributed by atoms with Gasteiger partial charge < -0.3 is 4.74 Å². The van der Waals surface area contributed by atoms with Crippen LogP contribution in [0.15, 0.2) is 23.7 Å². The van der Waals surface area contributed by atoms with Crippen LogP contribution in [0.1, 0.15) is 16.3 Å². The Kier molecular flexibility index (Phi) is 4.04. The standard InChI is InChI=1S/C12H11F3N2OS/c1-8-9(19-7-16-8)5-6-18-11-4-2-3-10(17-11)12(13,14)15/h2-4,7H,5-6H2,1H3. The van der Waals surface area contributed by atoms with Crippen molar-refractivity contribution in [1.29, 1.82) is 0 Å². The van der Waals surface area contributed by atoms with Crippen LogP contribution in [0.3, 0.4) is 0 Å². The van der Waals surface area contributed by atoms with Gasteiger partial charge in [0, 0.05) is 17.4 Å². The first-order chi connectivity index (χ1) is 8.97. The quantitative estimate of drug-likeness (QED) is 0.864. The number of nitrogens with zero attached hydrogens (tertiary/aromatic N) is 2. The van der Waals surface area contributed by atoms with E-state index < -0.39 is 11.9 Å². The minimum atomic E-state index is -4.45. The van der Waals surface area contributed by atoms with Gasteiger partial charge in [-0.3, -0.25) is 0 Å². The first-order valence-electron chi connectivity index (χ1n) is 5.53. The molecule has 0 aromatic carbocycles. The molecule has 2 aromatic rings. The number of hydrogen-bond acceptors (Lipinski definition) is 4. The highest BCUT2D eigenvalue weighted by molar-refractivity contribution is 7.09. The van der Waals surface area contributed by atoms with Crippen molar-refractivity contribution in [1.82, 2.24) is 9.97 Å². The maximum Gasteiger partial charge on any atom is 0.433 e. The van der Waals surface area contributed by atoms with Crippen molar-refractivity contribution in [3.63, 3.8) is 0 Å². The fourth-order valence-corrected chi connectivity index (χ4v) is 2.23. The normalized spacial score (nSPS) is 11.6. The summed E-state index contributed by atoms with van der Waals surface area (Å²) in [6.07, 6.45) is -3.85. The smallest absolute Gasteiger partial charge is 0.433 e. The molecule has 0 radical (unpaired) electrons. The molecule has 0 aliphatic carbocycles. The zero-order chi connectivity index (χ0) is 13.9. The van der Waals surface area contributed by atoms with E-state index in [1.807, 2.05) is 6.92 Å². The van der Waals surface area contributed by atoms with E-state index >= 15 is 0 Å². The van der Waals surface area contributed by atoms with E-state index in [1.54, 1.807) is 5.51 Å². The molecule has 0 bridgehead atoms. The molecular formula is C12H11F3N2OS. The summed E-state index contributed by atoms with van der Waals surface area (Å²) in [7, 11) is 0. The first-order valence-corrected chi connectivity index (χ1v) is 6.41. The van der Waals surface area contributed by atoms with Crippen molar-refractivity contribution in [2.24, 2.45) is 0 Å². The molecule has 2 heterocycles. The summed E-state index contributed by atoms with van der Waals surface area (Å²) in [5, 5.41) is 0. The van der Waals surface area contributed by atoms with Crippen molar-refractivity contribution in [3.8, 4) is 5.88 Å². The van der Waals surface area contributed by atoms with Crippen molar-refractivity contribution in [2.45, 2.75) is 19.5 Å². The van der Waals surface area contributed by atoms with Gasteiger partial charge in [0.1, 0.15) is 5.69 Å². The highest BCUT2D eigenvalue weighted by Gasteiger charge is 2.32. The van der Waals surface area contributed by atoms with Gasteiger partial charge in [0.2, 0.25) is 5.88 Å². The number of ether oxygens (including phenoxy) is 1. The number of halogens is 3. The summed E-state index contributed by atoms with van der Waals surface area (Å²) in [6.45, 7) is 2.16. The molecule has 0 fully saturated rings. The highest BCUT2D eigenvalue weighted by Crippen LogP contribution is 2.28. The second kappa shape index (κ2) is 5.56. The molecule has 0 N–H and O–H groups in total. The summed E-state index contributed by atoms with van der Waals surface area (Å²) >= 11 is 1.50. The van der Waals surface area contributed by atoms with Crippen molar-refractivity contribution in [2.75, 3.05) is 6.61 Å². The number of hydrogen-bond donors (Lipinski definition) is 0. The number of aromatic nitrogens is 2. The molecule has 0 spiro atoms. The number of alkyl halides is 3. The molecule has 0 saturated carbocycles. The Labute approximate surface area is 112 Å². The summed E-state index contributed by atoms with van der Waals surface area (Å²) in [5.41, 5.74) is 1.71. The average molecular weight is 288 g/mol. The van der Waals surface area contributed by atoms with E-state index in [4.69, 9.17) is 4.74 Å². The third-order valence-corrected chi connectivity index (χ3v) is 3.43. The molecule has 3 nitrogen and oxygen atoms in total. The zero-order valence-electron chi connectivity index (χ0n) is 10.1. The van der Waals surface area contributed by atoms with Crippen LogP contribution in [0.25, 0.3) is 0 Å². The number of pyridine rings is 1. The lowest BCUT2D eigenvalue weighted by Gasteiger charge is -2.08. The van der Waals surface area contributed by atoms with Gasteiger partial charge in [-0.1, -0.05) is 6.07 Å². The lowest BCUT2D eigenvalue weighted by molar-refractivity contribution is -0.141. The number of rotatable bonds is 4. The van der Waals surface area contributed by atoms with Gasteiger partial charge in [0.15, 0.2) is 0 Å². The molecule has 7 heteroatoms. The van der Waals surface area contributed by atoms with Crippen LogP contribution in [-0.4, -0.2) is 16.6 Å². The van der Waals surface area contributed by atoms with Crippen molar-refractivity contribution < 1.29 is 17.9 Å². The second-order valence-corrected chi connectivity index (χ2v) is 4.76. The zero-order valence-corrected chi connectivity index (χ0v) is 10.9. The maximum absolute atomic E-state index is 12.4. The predicted molar refractivity (Wildman–Crippen MR) is 65.3 cm³/mol. The van der Waals surface area contributed by atoms with E-state index in [0.29, 0.717) is 6.42 Å². The summed E-state index contributed by atoms with van der Waals surface area (Å²) < 4.78 is 42.6. The lowest BCUT2D eigenvalue weighted by Crippen LogP contribution is -2.09. The minimum absolute atomic E-state index is 0.0167. The molecule has 0 unspecified atom stereocenters. The molecule has 0 atom stereocenters. The first kappa shape index (κ1) is 13.8. The molecule has 102 valence electrons. The molecule has 0 amide bonds. The Balaban J connectivity index is 1.95. The predicted octanol–water partition coefficient (Wildman–Crippen LogP) is 3.49. The summed E-state index contributed by atoms with van der Waals surface area (Å²) in [4.78, 5) is 8.58. The summed E-state index contributed by atoms with van der Waals surface area (Å²) in [5.74, 6) is -0.0167. The lowest BCUT2D eigenvalue weighted by atomic mass is 10.3. The van der Waals surface area contributed by atoms with E-state index in [1.165, 1.54) is 23.5 Å². The Hall–Kier alpha value is -1.63. The van der Waals surface area contributed by atoms with E-state index in [0.717, 1.165) is 16.6 Å². The third kappa shape index (κ3) is 3.66. The Morgan fingerprint density at radius 3 is 2.74 bits per heavy atom. The molecule has 19 heavy (non-hydrogen) atoms.